The molecule has 0 aliphatic rings. The Morgan fingerprint density at radius 3 is 2.29 bits per heavy atom. The summed E-state index contributed by atoms with van der Waals surface area (Å²) in [4.78, 5) is 0.343. The van der Waals surface area contributed by atoms with Crippen molar-refractivity contribution in [2.45, 2.75) is 24.7 Å². The van der Waals surface area contributed by atoms with Crippen LogP contribution >= 0.6 is 0 Å². The second kappa shape index (κ2) is 6.02. The molecule has 0 amide bonds. The highest BCUT2D eigenvalue weighted by Crippen LogP contribution is 2.17. The summed E-state index contributed by atoms with van der Waals surface area (Å²) in [5, 5.41) is 2.96. The van der Waals surface area contributed by atoms with Crippen LogP contribution in [0.1, 0.15) is 19.8 Å². The summed E-state index contributed by atoms with van der Waals surface area (Å²) in [6.07, 6.45) is 1.86. The maximum atomic E-state index is 12.1. The van der Waals surface area contributed by atoms with Gasteiger partial charge in [-0.05, 0) is 30.7 Å². The molecule has 0 unspecified atom stereocenters. The molecular formula is C12H20N2O2S. The first-order valence-electron chi connectivity index (χ1n) is 5.76. The highest BCUT2D eigenvalue weighted by atomic mass is 32.2. The number of anilines is 1. The normalized spacial score (nSPS) is 11.8. The first kappa shape index (κ1) is 14.0. The average Bonchev–Trinajstić information content (AvgIpc) is 2.35. The van der Waals surface area contributed by atoms with Crippen molar-refractivity contribution in [1.82, 2.24) is 4.31 Å². The summed E-state index contributed by atoms with van der Waals surface area (Å²) in [7, 11) is 0.0938. The molecule has 0 saturated carbocycles. The van der Waals surface area contributed by atoms with Gasteiger partial charge in [0.05, 0.1) is 4.90 Å². The van der Waals surface area contributed by atoms with E-state index in [9.17, 15) is 8.42 Å². The van der Waals surface area contributed by atoms with Crippen molar-refractivity contribution in [2.24, 2.45) is 0 Å². The molecule has 0 bridgehead atoms. The molecule has 1 N–H and O–H groups in total. The zero-order valence-electron chi connectivity index (χ0n) is 10.6. The van der Waals surface area contributed by atoms with E-state index in [0.29, 0.717) is 11.4 Å². The summed E-state index contributed by atoms with van der Waals surface area (Å²) >= 11 is 0. The van der Waals surface area contributed by atoms with Crippen molar-refractivity contribution in [1.29, 1.82) is 0 Å². The molecule has 0 atom stereocenters. The maximum absolute atomic E-state index is 12.1. The second-order valence-electron chi connectivity index (χ2n) is 3.95. The Kier molecular flexibility index (Phi) is 4.96. The summed E-state index contributed by atoms with van der Waals surface area (Å²) in [5.41, 5.74) is 0.903. The van der Waals surface area contributed by atoms with Gasteiger partial charge in [0.15, 0.2) is 0 Å². The third-order valence-corrected chi connectivity index (χ3v) is 4.55. The number of sulfonamides is 1. The molecule has 0 saturated heterocycles. The van der Waals surface area contributed by atoms with Gasteiger partial charge >= 0.3 is 0 Å². The van der Waals surface area contributed by atoms with E-state index in [-0.39, 0.29) is 0 Å². The fourth-order valence-electron chi connectivity index (χ4n) is 1.47. The Labute approximate surface area is 104 Å². The SMILES string of the molecule is CCCCN(C)S(=O)(=O)c1ccc(NC)cc1. The van der Waals surface area contributed by atoms with Gasteiger partial charge in [-0.1, -0.05) is 13.3 Å². The highest BCUT2D eigenvalue weighted by Gasteiger charge is 2.19. The van der Waals surface area contributed by atoms with Crippen LogP contribution in [0.2, 0.25) is 0 Å². The predicted molar refractivity (Wildman–Crippen MR) is 70.7 cm³/mol. The third kappa shape index (κ3) is 3.44. The lowest BCUT2D eigenvalue weighted by atomic mass is 10.3. The molecule has 0 aliphatic heterocycles. The number of nitrogens with zero attached hydrogens (tertiary/aromatic N) is 1. The smallest absolute Gasteiger partial charge is 0.242 e. The monoisotopic (exact) mass is 256 g/mol. The van der Waals surface area contributed by atoms with Crippen molar-refractivity contribution in [3.8, 4) is 0 Å². The van der Waals surface area contributed by atoms with Crippen molar-refractivity contribution >= 4 is 15.7 Å². The Balaban J connectivity index is 2.88. The lowest BCUT2D eigenvalue weighted by Gasteiger charge is -2.16. The van der Waals surface area contributed by atoms with Gasteiger partial charge in [-0.15, -0.1) is 0 Å². The minimum absolute atomic E-state index is 0.343. The third-order valence-electron chi connectivity index (χ3n) is 2.68. The van der Waals surface area contributed by atoms with Crippen LogP contribution in [0.15, 0.2) is 29.2 Å². The van der Waals surface area contributed by atoms with Gasteiger partial charge in [-0.3, -0.25) is 0 Å². The Morgan fingerprint density at radius 1 is 1.24 bits per heavy atom. The van der Waals surface area contributed by atoms with Crippen LogP contribution in [-0.2, 0) is 10.0 Å². The van der Waals surface area contributed by atoms with Gasteiger partial charge in [0.25, 0.3) is 0 Å². The highest BCUT2D eigenvalue weighted by molar-refractivity contribution is 7.89. The quantitative estimate of drug-likeness (QED) is 0.848. The van der Waals surface area contributed by atoms with Crippen molar-refractivity contribution in [3.05, 3.63) is 24.3 Å². The molecular weight excluding hydrogens is 236 g/mol. The van der Waals surface area contributed by atoms with Crippen LogP contribution < -0.4 is 5.32 Å². The number of nitrogens with one attached hydrogen (secondary N) is 1. The molecule has 0 radical (unpaired) electrons. The summed E-state index contributed by atoms with van der Waals surface area (Å²) in [6, 6.07) is 6.79. The number of hydrogen-bond acceptors (Lipinski definition) is 3. The van der Waals surface area contributed by atoms with E-state index in [2.05, 4.69) is 5.32 Å². The van der Waals surface area contributed by atoms with Crippen molar-refractivity contribution in [2.75, 3.05) is 26.0 Å². The van der Waals surface area contributed by atoms with Crippen molar-refractivity contribution in [3.63, 3.8) is 0 Å². The van der Waals surface area contributed by atoms with Crippen LogP contribution in [0, 0.1) is 0 Å². The number of hydrogen-bond donors (Lipinski definition) is 1. The fourth-order valence-corrected chi connectivity index (χ4v) is 2.68. The molecule has 1 aromatic carbocycles. The molecule has 0 heterocycles. The summed E-state index contributed by atoms with van der Waals surface area (Å²) < 4.78 is 25.7. The Hall–Kier alpha value is -1.07. The molecule has 0 spiro atoms. The van der Waals surface area contributed by atoms with Gasteiger partial charge in [0.1, 0.15) is 0 Å². The van der Waals surface area contributed by atoms with Gasteiger partial charge in [0.2, 0.25) is 10.0 Å². The Morgan fingerprint density at radius 2 is 1.82 bits per heavy atom. The topological polar surface area (TPSA) is 49.4 Å². The van der Waals surface area contributed by atoms with Crippen LogP contribution in [0.4, 0.5) is 5.69 Å². The van der Waals surface area contributed by atoms with Gasteiger partial charge in [-0.2, -0.15) is 0 Å². The van der Waals surface area contributed by atoms with Gasteiger partial charge < -0.3 is 5.32 Å². The lowest BCUT2D eigenvalue weighted by molar-refractivity contribution is 0.459. The number of rotatable bonds is 6. The first-order chi connectivity index (χ1) is 8.02. The molecule has 5 heteroatoms. The van der Waals surface area contributed by atoms with E-state index in [4.69, 9.17) is 0 Å². The Bertz CT molecular complexity index is 440. The lowest BCUT2D eigenvalue weighted by Crippen LogP contribution is -2.27. The van der Waals surface area contributed by atoms with Gasteiger partial charge in [0, 0.05) is 26.3 Å². The molecule has 96 valence electrons. The molecule has 1 aromatic rings. The molecule has 0 aromatic heterocycles. The van der Waals surface area contributed by atoms with Crippen LogP contribution in [0.25, 0.3) is 0 Å². The van der Waals surface area contributed by atoms with Crippen molar-refractivity contribution < 1.29 is 8.42 Å². The summed E-state index contributed by atoms with van der Waals surface area (Å²) in [5.74, 6) is 0. The molecule has 0 fully saturated rings. The average molecular weight is 256 g/mol. The van der Waals surface area contributed by atoms with Gasteiger partial charge in [-0.25, -0.2) is 12.7 Å². The zero-order valence-corrected chi connectivity index (χ0v) is 11.4. The molecule has 0 aliphatic carbocycles. The van der Waals surface area contributed by atoms with E-state index in [1.807, 2.05) is 6.92 Å². The zero-order chi connectivity index (χ0) is 12.9. The minimum Gasteiger partial charge on any atom is -0.388 e. The standard InChI is InChI=1S/C12H20N2O2S/c1-4-5-10-14(3)17(15,16)12-8-6-11(13-2)7-9-12/h6-9,13H,4-5,10H2,1-3H3. The molecule has 1 rings (SSSR count). The predicted octanol–water partition coefficient (Wildman–Crippen LogP) is 2.15. The minimum atomic E-state index is -3.33. The summed E-state index contributed by atoms with van der Waals surface area (Å²) in [6.45, 7) is 2.61. The molecule has 4 nitrogen and oxygen atoms in total. The van der Waals surface area contributed by atoms with E-state index in [0.717, 1.165) is 18.5 Å². The van der Waals surface area contributed by atoms with E-state index in [1.165, 1.54) is 4.31 Å². The van der Waals surface area contributed by atoms with Crippen LogP contribution in [0.3, 0.4) is 0 Å². The van der Waals surface area contributed by atoms with E-state index < -0.39 is 10.0 Å². The maximum Gasteiger partial charge on any atom is 0.242 e. The van der Waals surface area contributed by atoms with Crippen LogP contribution in [0.5, 0.6) is 0 Å². The number of unbranched alkanes of at least 4 members (excludes halogenated alkanes) is 1. The number of benzene rings is 1. The van der Waals surface area contributed by atoms with E-state index >= 15 is 0 Å². The largest absolute Gasteiger partial charge is 0.388 e. The first-order valence-corrected chi connectivity index (χ1v) is 7.20. The van der Waals surface area contributed by atoms with Crippen LogP contribution in [-0.4, -0.2) is 33.4 Å². The fraction of sp³-hybridized carbons (Fsp3) is 0.500. The second-order valence-corrected chi connectivity index (χ2v) is 6.00. The van der Waals surface area contributed by atoms with E-state index in [1.54, 1.807) is 38.4 Å². The molecule has 17 heavy (non-hydrogen) atoms.